The standard InChI is InChI=1S/C18H32N4S/c1-14-7-9-16(10-8-14)12-22(4)18(19-3)20-11-5-6-17-21-15(2)13-23-17/h13-14,16H,5-12H2,1-4H3,(H,19,20). The van der Waals surface area contributed by atoms with Gasteiger partial charge in [0.1, 0.15) is 0 Å². The fourth-order valence-electron chi connectivity index (χ4n) is 3.33. The summed E-state index contributed by atoms with van der Waals surface area (Å²) >= 11 is 1.76. The average Bonchev–Trinajstić information content (AvgIpc) is 2.95. The molecule has 0 aromatic carbocycles. The molecule has 1 saturated carbocycles. The van der Waals surface area contributed by atoms with Crippen molar-refractivity contribution in [1.29, 1.82) is 0 Å². The summed E-state index contributed by atoms with van der Waals surface area (Å²) in [5.74, 6) is 2.77. The Balaban J connectivity index is 1.67. The summed E-state index contributed by atoms with van der Waals surface area (Å²) in [6, 6.07) is 0. The minimum Gasteiger partial charge on any atom is -0.356 e. The average molecular weight is 337 g/mol. The van der Waals surface area contributed by atoms with Gasteiger partial charge in [-0.1, -0.05) is 19.8 Å². The first-order valence-electron chi connectivity index (χ1n) is 8.91. The highest BCUT2D eigenvalue weighted by atomic mass is 32.1. The Kier molecular flexibility index (Phi) is 7.34. The van der Waals surface area contributed by atoms with Gasteiger partial charge in [-0.2, -0.15) is 0 Å². The van der Waals surface area contributed by atoms with Gasteiger partial charge >= 0.3 is 0 Å². The van der Waals surface area contributed by atoms with Gasteiger partial charge in [0.15, 0.2) is 5.96 Å². The number of nitrogens with one attached hydrogen (secondary N) is 1. The summed E-state index contributed by atoms with van der Waals surface area (Å²) in [5.41, 5.74) is 1.13. The van der Waals surface area contributed by atoms with E-state index in [9.17, 15) is 0 Å². The molecule has 23 heavy (non-hydrogen) atoms. The van der Waals surface area contributed by atoms with E-state index < -0.39 is 0 Å². The molecule has 4 nitrogen and oxygen atoms in total. The molecule has 0 bridgehead atoms. The summed E-state index contributed by atoms with van der Waals surface area (Å²) in [6.07, 6.45) is 7.65. The molecule has 1 aromatic heterocycles. The van der Waals surface area contributed by atoms with Crippen molar-refractivity contribution in [3.05, 3.63) is 16.1 Å². The Bertz CT molecular complexity index is 489. The Labute approximate surface area is 145 Å². The Morgan fingerprint density at radius 3 is 2.74 bits per heavy atom. The fraction of sp³-hybridized carbons (Fsp3) is 0.778. The third-order valence-corrected chi connectivity index (χ3v) is 5.78. The summed E-state index contributed by atoms with van der Waals surface area (Å²) < 4.78 is 0. The van der Waals surface area contributed by atoms with Gasteiger partial charge in [-0.25, -0.2) is 4.98 Å². The van der Waals surface area contributed by atoms with Gasteiger partial charge in [0, 0.05) is 44.7 Å². The molecule has 1 aromatic rings. The molecule has 0 unspecified atom stereocenters. The number of nitrogens with zero attached hydrogens (tertiary/aromatic N) is 3. The summed E-state index contributed by atoms with van der Waals surface area (Å²) in [5, 5.41) is 6.86. The Morgan fingerprint density at radius 1 is 1.39 bits per heavy atom. The first kappa shape index (κ1) is 18.2. The van der Waals surface area contributed by atoms with Crippen LogP contribution in [0.25, 0.3) is 0 Å². The lowest BCUT2D eigenvalue weighted by Gasteiger charge is -2.31. The van der Waals surface area contributed by atoms with Crippen molar-refractivity contribution in [2.75, 3.05) is 27.2 Å². The highest BCUT2D eigenvalue weighted by molar-refractivity contribution is 7.09. The molecule has 0 radical (unpaired) electrons. The van der Waals surface area contributed by atoms with Crippen LogP contribution in [0.15, 0.2) is 10.4 Å². The third kappa shape index (κ3) is 6.13. The van der Waals surface area contributed by atoms with Crippen molar-refractivity contribution in [3.8, 4) is 0 Å². The van der Waals surface area contributed by atoms with Gasteiger partial charge in [0.05, 0.1) is 5.01 Å². The Hall–Kier alpha value is -1.10. The number of aliphatic imine (C=N–C) groups is 1. The van der Waals surface area contributed by atoms with Gasteiger partial charge in [-0.05, 0) is 38.0 Å². The lowest BCUT2D eigenvalue weighted by molar-refractivity contribution is 0.250. The number of hydrogen-bond acceptors (Lipinski definition) is 3. The zero-order valence-corrected chi connectivity index (χ0v) is 16.0. The molecule has 0 aliphatic heterocycles. The van der Waals surface area contributed by atoms with Crippen LogP contribution in [-0.4, -0.2) is 43.0 Å². The van der Waals surface area contributed by atoms with E-state index in [0.29, 0.717) is 0 Å². The van der Waals surface area contributed by atoms with Crippen molar-refractivity contribution in [2.45, 2.75) is 52.4 Å². The van der Waals surface area contributed by atoms with Crippen molar-refractivity contribution in [2.24, 2.45) is 16.8 Å². The van der Waals surface area contributed by atoms with Crippen LogP contribution in [-0.2, 0) is 6.42 Å². The number of aromatic nitrogens is 1. The molecule has 130 valence electrons. The summed E-state index contributed by atoms with van der Waals surface area (Å²) in [6.45, 7) is 6.51. The lowest BCUT2D eigenvalue weighted by atomic mass is 9.83. The Morgan fingerprint density at radius 2 is 2.13 bits per heavy atom. The van der Waals surface area contributed by atoms with Crippen LogP contribution in [0, 0.1) is 18.8 Å². The molecule has 0 amide bonds. The SMILES string of the molecule is CN=C(NCCCc1nc(C)cs1)N(C)CC1CCC(C)CC1. The van der Waals surface area contributed by atoms with Crippen molar-refractivity contribution in [1.82, 2.24) is 15.2 Å². The topological polar surface area (TPSA) is 40.5 Å². The van der Waals surface area contributed by atoms with Crippen LogP contribution in [0.5, 0.6) is 0 Å². The molecule has 1 fully saturated rings. The second-order valence-electron chi connectivity index (χ2n) is 6.97. The zero-order valence-electron chi connectivity index (χ0n) is 15.1. The number of rotatable bonds is 6. The molecule has 1 heterocycles. The number of guanidine groups is 1. The number of hydrogen-bond donors (Lipinski definition) is 1. The van der Waals surface area contributed by atoms with Crippen molar-refractivity contribution < 1.29 is 0 Å². The van der Waals surface area contributed by atoms with E-state index in [2.05, 4.69) is 46.5 Å². The van der Waals surface area contributed by atoms with E-state index in [1.54, 1.807) is 11.3 Å². The van der Waals surface area contributed by atoms with E-state index in [0.717, 1.165) is 49.4 Å². The van der Waals surface area contributed by atoms with E-state index in [-0.39, 0.29) is 0 Å². The van der Waals surface area contributed by atoms with Crippen molar-refractivity contribution >= 4 is 17.3 Å². The van der Waals surface area contributed by atoms with Crippen LogP contribution in [0.1, 0.15) is 49.7 Å². The predicted molar refractivity (Wildman–Crippen MR) is 100 cm³/mol. The van der Waals surface area contributed by atoms with E-state index in [1.807, 2.05) is 7.05 Å². The molecule has 1 aliphatic carbocycles. The molecule has 0 atom stereocenters. The number of thiazole rings is 1. The molecule has 1 N–H and O–H groups in total. The third-order valence-electron chi connectivity index (χ3n) is 4.76. The fourth-order valence-corrected chi connectivity index (χ4v) is 4.15. The van der Waals surface area contributed by atoms with E-state index in [1.165, 1.54) is 30.7 Å². The molecule has 0 saturated heterocycles. The summed E-state index contributed by atoms with van der Waals surface area (Å²) in [4.78, 5) is 11.3. The minimum atomic E-state index is 0.827. The first-order chi connectivity index (χ1) is 11.1. The molecule has 1 aliphatic rings. The lowest BCUT2D eigenvalue weighted by Crippen LogP contribution is -2.42. The van der Waals surface area contributed by atoms with Gasteiger partial charge < -0.3 is 10.2 Å². The first-order valence-corrected chi connectivity index (χ1v) is 9.79. The highest BCUT2D eigenvalue weighted by Gasteiger charge is 2.20. The zero-order chi connectivity index (χ0) is 16.7. The molecular formula is C18H32N4S. The maximum Gasteiger partial charge on any atom is 0.193 e. The maximum absolute atomic E-state index is 4.52. The van der Waals surface area contributed by atoms with Crippen LogP contribution in [0.4, 0.5) is 0 Å². The monoisotopic (exact) mass is 336 g/mol. The van der Waals surface area contributed by atoms with E-state index in [4.69, 9.17) is 0 Å². The second kappa shape index (κ2) is 9.26. The smallest absolute Gasteiger partial charge is 0.193 e. The van der Waals surface area contributed by atoms with Gasteiger partial charge in [0.2, 0.25) is 0 Å². The number of aryl methyl sites for hydroxylation is 2. The largest absolute Gasteiger partial charge is 0.356 e. The van der Waals surface area contributed by atoms with Crippen LogP contribution >= 0.6 is 11.3 Å². The second-order valence-corrected chi connectivity index (χ2v) is 7.91. The van der Waals surface area contributed by atoms with Gasteiger partial charge in [0.25, 0.3) is 0 Å². The van der Waals surface area contributed by atoms with Gasteiger partial charge in [-0.15, -0.1) is 11.3 Å². The molecule has 5 heteroatoms. The maximum atomic E-state index is 4.52. The minimum absolute atomic E-state index is 0.827. The molecule has 0 spiro atoms. The van der Waals surface area contributed by atoms with Crippen LogP contribution < -0.4 is 5.32 Å². The van der Waals surface area contributed by atoms with E-state index >= 15 is 0 Å². The van der Waals surface area contributed by atoms with Crippen molar-refractivity contribution in [3.63, 3.8) is 0 Å². The van der Waals surface area contributed by atoms with Gasteiger partial charge in [-0.3, -0.25) is 4.99 Å². The predicted octanol–water partition coefficient (Wildman–Crippen LogP) is 3.72. The van der Waals surface area contributed by atoms with Crippen LogP contribution in [0.2, 0.25) is 0 Å². The highest BCUT2D eigenvalue weighted by Crippen LogP contribution is 2.28. The van der Waals surface area contributed by atoms with Crippen LogP contribution in [0.3, 0.4) is 0 Å². The molecule has 2 rings (SSSR count). The quantitative estimate of drug-likeness (QED) is 0.489. The molecular weight excluding hydrogens is 304 g/mol. The summed E-state index contributed by atoms with van der Waals surface area (Å²) in [7, 11) is 4.05. The normalized spacial score (nSPS) is 22.2.